The molecule has 0 radical (unpaired) electrons. The number of aliphatic hydroxyl groups excluding tert-OH is 12. The first-order chi connectivity index (χ1) is 30.7. The van der Waals surface area contributed by atoms with Crippen molar-refractivity contribution in [2.45, 2.75) is 195 Å². The summed E-state index contributed by atoms with van der Waals surface area (Å²) in [6.45, 7) is 8.68. The lowest BCUT2D eigenvalue weighted by Crippen LogP contribution is -2.65. The molecule has 0 bridgehead atoms. The minimum Gasteiger partial charge on any atom is -0.394 e. The van der Waals surface area contributed by atoms with Gasteiger partial charge >= 0.3 is 0 Å². The van der Waals surface area contributed by atoms with E-state index in [-0.39, 0.29) is 54.6 Å². The van der Waals surface area contributed by atoms with Crippen molar-refractivity contribution in [2.75, 3.05) is 26.4 Å². The monoisotopic (exact) mass is 934 g/mol. The summed E-state index contributed by atoms with van der Waals surface area (Å²) in [5, 5.41) is 137. The molecule has 0 amide bonds. The number of aliphatic hydroxyl groups is 13. The fraction of sp³-hybridized carbons (Fsp3) is 0.956. The molecule has 4 saturated heterocycles. The fourth-order valence-electron chi connectivity index (χ4n) is 14.1. The highest BCUT2D eigenvalue weighted by molar-refractivity contribution is 5.16. The standard InChI is InChI=1S/C45H74O20/c1-18(17-59-40-36(55)33(52)31(50)26(14-46)61-40)7-10-45(58)19(2)30-25(65-45)13-24-22-6-5-20-11-21(12-29(49)44(20,4)23(22)8-9-43(24,30)3)60-41-38(57)35(54)39(28(16-48)63-41)64-42-37(56)34(53)32(51)27(15-47)62-42/h19-42,46-58H,1,5-17H2,2-4H3/t19-,20+,21+,22+,23-,24-,25-,26+,27+,28+,29+,30-,31+,32+,33-,34-,35+,36+,37+,38+,39+,40+,41+,42-,43-,44-,45+/m0/s1. The molecular weight excluding hydrogens is 860 g/mol. The van der Waals surface area contributed by atoms with Crippen LogP contribution in [0.15, 0.2) is 12.2 Å². The maximum absolute atomic E-state index is 12.1. The Morgan fingerprint density at radius 3 is 1.89 bits per heavy atom. The first kappa shape index (κ1) is 50.3. The Morgan fingerprint density at radius 2 is 1.25 bits per heavy atom. The quantitative estimate of drug-likeness (QED) is 0.0651. The average molecular weight is 935 g/mol. The van der Waals surface area contributed by atoms with Crippen LogP contribution in [0, 0.1) is 46.3 Å². The van der Waals surface area contributed by atoms with Gasteiger partial charge in [0.2, 0.25) is 0 Å². The van der Waals surface area contributed by atoms with Gasteiger partial charge in [-0.05, 0) is 85.4 Å². The molecule has 8 aliphatic rings. The van der Waals surface area contributed by atoms with Gasteiger partial charge in [-0.3, -0.25) is 0 Å². The predicted molar refractivity (Wildman–Crippen MR) is 220 cm³/mol. The molecule has 8 fully saturated rings. The molecule has 8 rings (SSSR count). The summed E-state index contributed by atoms with van der Waals surface area (Å²) in [5.41, 5.74) is 0.0895. The maximum atomic E-state index is 12.1. The largest absolute Gasteiger partial charge is 0.394 e. The van der Waals surface area contributed by atoms with E-state index in [0.717, 1.165) is 32.1 Å². The molecule has 20 nitrogen and oxygen atoms in total. The minimum atomic E-state index is -1.78. The zero-order valence-corrected chi connectivity index (χ0v) is 37.4. The lowest BCUT2D eigenvalue weighted by atomic mass is 9.43. The Kier molecular flexibility index (Phi) is 14.9. The van der Waals surface area contributed by atoms with Crippen LogP contribution in [0.1, 0.15) is 78.6 Å². The van der Waals surface area contributed by atoms with Crippen LogP contribution >= 0.6 is 0 Å². The molecule has 0 aromatic carbocycles. The lowest BCUT2D eigenvalue weighted by Gasteiger charge is -2.62. The van der Waals surface area contributed by atoms with Crippen LogP contribution in [0.4, 0.5) is 0 Å². The molecule has 4 saturated carbocycles. The van der Waals surface area contributed by atoms with Crippen molar-refractivity contribution < 1.29 is 99.5 Å². The lowest BCUT2D eigenvalue weighted by molar-refractivity contribution is -0.365. The highest BCUT2D eigenvalue weighted by Crippen LogP contribution is 2.71. The molecule has 65 heavy (non-hydrogen) atoms. The minimum absolute atomic E-state index is 0.0437. The molecule has 20 heteroatoms. The van der Waals surface area contributed by atoms with Gasteiger partial charge in [0.05, 0.1) is 44.7 Å². The van der Waals surface area contributed by atoms with Gasteiger partial charge in [0.15, 0.2) is 24.7 Å². The molecule has 0 aromatic heterocycles. The van der Waals surface area contributed by atoms with Crippen molar-refractivity contribution in [2.24, 2.45) is 46.3 Å². The summed E-state index contributed by atoms with van der Waals surface area (Å²) in [6, 6.07) is 0. The van der Waals surface area contributed by atoms with Crippen molar-refractivity contribution in [1.29, 1.82) is 0 Å². The predicted octanol–water partition coefficient (Wildman–Crippen LogP) is -2.89. The van der Waals surface area contributed by atoms with Crippen molar-refractivity contribution in [3.05, 3.63) is 12.2 Å². The molecule has 27 atom stereocenters. The Labute approximate surface area is 378 Å². The van der Waals surface area contributed by atoms with Gasteiger partial charge in [-0.2, -0.15) is 0 Å². The van der Waals surface area contributed by atoms with Crippen LogP contribution in [-0.4, -0.2) is 209 Å². The van der Waals surface area contributed by atoms with E-state index >= 15 is 0 Å². The number of fused-ring (bicyclic) bond motifs is 7. The van der Waals surface area contributed by atoms with E-state index in [9.17, 15) is 66.4 Å². The number of ether oxygens (including phenoxy) is 7. The van der Waals surface area contributed by atoms with E-state index in [1.54, 1.807) is 0 Å². The van der Waals surface area contributed by atoms with E-state index in [1.165, 1.54) is 0 Å². The maximum Gasteiger partial charge on any atom is 0.187 e. The average Bonchev–Trinajstić information content (AvgIpc) is 3.72. The fourth-order valence-corrected chi connectivity index (χ4v) is 14.1. The van der Waals surface area contributed by atoms with E-state index in [1.807, 2.05) is 0 Å². The molecule has 13 N–H and O–H groups in total. The van der Waals surface area contributed by atoms with E-state index in [0.29, 0.717) is 30.3 Å². The summed E-state index contributed by atoms with van der Waals surface area (Å²) in [6.07, 6.45) is -18.1. The van der Waals surface area contributed by atoms with Crippen molar-refractivity contribution in [3.63, 3.8) is 0 Å². The molecule has 4 aliphatic heterocycles. The van der Waals surface area contributed by atoms with Gasteiger partial charge in [0.25, 0.3) is 0 Å². The van der Waals surface area contributed by atoms with E-state index in [4.69, 9.17) is 33.2 Å². The summed E-state index contributed by atoms with van der Waals surface area (Å²) in [7, 11) is 0. The molecule has 0 aromatic rings. The first-order valence-corrected chi connectivity index (χ1v) is 23.6. The third kappa shape index (κ3) is 8.70. The topological polar surface area (TPSA) is 328 Å². The van der Waals surface area contributed by atoms with E-state index in [2.05, 4.69) is 27.4 Å². The van der Waals surface area contributed by atoms with Gasteiger partial charge in [0.1, 0.15) is 73.2 Å². The Bertz CT molecular complexity index is 1640. The Balaban J connectivity index is 0.853. The highest BCUT2D eigenvalue weighted by Gasteiger charge is 2.69. The second kappa shape index (κ2) is 19.3. The number of hydrogen-bond acceptors (Lipinski definition) is 20. The Morgan fingerprint density at radius 1 is 0.662 bits per heavy atom. The van der Waals surface area contributed by atoms with Crippen LogP contribution in [0.3, 0.4) is 0 Å². The normalized spacial score (nSPS) is 55.5. The summed E-state index contributed by atoms with van der Waals surface area (Å²) in [4.78, 5) is 0. The van der Waals surface area contributed by atoms with Gasteiger partial charge in [-0.25, -0.2) is 0 Å². The third-order valence-electron chi connectivity index (χ3n) is 17.8. The number of rotatable bonds is 13. The van der Waals surface area contributed by atoms with Crippen LogP contribution in [0.5, 0.6) is 0 Å². The highest BCUT2D eigenvalue weighted by atomic mass is 16.7. The van der Waals surface area contributed by atoms with Gasteiger partial charge in [-0.1, -0.05) is 32.9 Å². The SMILES string of the molecule is C=C(CC[C@@]1(O)O[C@H]2C[C@H]3[C@@H]4CC[C@@H]5C[C@@H](O[C@@H]6O[C@H](CO)[C@@H](O[C@@H]7O[C@H](CO)[C@@H](O)[C@H](O)[C@H]7O)[C@H](O)[C@H]6O)C[C@@H](O)[C@]5(C)[C@H]4CC[C@]3(C)[C@H]2[C@@H]1C)CO[C@@H]1O[C@H](CO)[C@@H](O)[C@H](O)[C@H]1O. The van der Waals surface area contributed by atoms with Gasteiger partial charge < -0.3 is 99.5 Å². The number of hydrogen-bond donors (Lipinski definition) is 13. The van der Waals surface area contributed by atoms with Crippen LogP contribution in [-0.2, 0) is 33.2 Å². The molecule has 4 heterocycles. The first-order valence-electron chi connectivity index (χ1n) is 23.6. The van der Waals surface area contributed by atoms with E-state index < -0.39 is 135 Å². The zero-order valence-electron chi connectivity index (χ0n) is 37.4. The van der Waals surface area contributed by atoms with Gasteiger partial charge in [0, 0.05) is 18.8 Å². The van der Waals surface area contributed by atoms with Crippen LogP contribution in [0.25, 0.3) is 0 Å². The summed E-state index contributed by atoms with van der Waals surface area (Å²) >= 11 is 0. The Hall–Kier alpha value is -1.06. The third-order valence-corrected chi connectivity index (χ3v) is 17.8. The smallest absolute Gasteiger partial charge is 0.187 e. The van der Waals surface area contributed by atoms with Gasteiger partial charge in [-0.15, -0.1) is 0 Å². The molecule has 0 unspecified atom stereocenters. The van der Waals surface area contributed by atoms with Crippen LogP contribution in [0.2, 0.25) is 0 Å². The molecule has 0 spiro atoms. The molecule has 4 aliphatic carbocycles. The summed E-state index contributed by atoms with van der Waals surface area (Å²) in [5.74, 6) is -0.496. The second-order valence-corrected chi connectivity index (χ2v) is 21.1. The zero-order chi connectivity index (χ0) is 47.1. The van der Waals surface area contributed by atoms with Crippen molar-refractivity contribution in [3.8, 4) is 0 Å². The molecular formula is C45H74O20. The van der Waals surface area contributed by atoms with Crippen molar-refractivity contribution in [1.82, 2.24) is 0 Å². The second-order valence-electron chi connectivity index (χ2n) is 21.1. The molecule has 374 valence electrons. The summed E-state index contributed by atoms with van der Waals surface area (Å²) < 4.78 is 41.1. The van der Waals surface area contributed by atoms with Crippen molar-refractivity contribution >= 4 is 0 Å². The van der Waals surface area contributed by atoms with Crippen LogP contribution < -0.4 is 0 Å².